The van der Waals surface area contributed by atoms with Gasteiger partial charge < -0.3 is 13.9 Å². The summed E-state index contributed by atoms with van der Waals surface area (Å²) in [6, 6.07) is 78.6. The lowest BCUT2D eigenvalue weighted by Crippen LogP contribution is -2.10. The number of furan rings is 1. The Hall–Kier alpha value is -7.88. The van der Waals surface area contributed by atoms with E-state index >= 15 is 0 Å². The fourth-order valence-corrected chi connectivity index (χ4v) is 9.25. The predicted octanol–water partition coefficient (Wildman–Crippen LogP) is 15.8. The topological polar surface area (TPSA) is 21.3 Å². The van der Waals surface area contributed by atoms with E-state index < -0.39 is 0 Å². The van der Waals surface area contributed by atoms with Crippen molar-refractivity contribution in [2.24, 2.45) is 0 Å². The van der Waals surface area contributed by atoms with Crippen LogP contribution in [0.1, 0.15) is 0 Å². The van der Waals surface area contributed by atoms with E-state index in [9.17, 15) is 0 Å². The molecule has 0 amide bonds. The molecule has 12 rings (SSSR count). The molecule has 0 aliphatic carbocycles. The van der Waals surface area contributed by atoms with Gasteiger partial charge in [0.15, 0.2) is 0 Å². The van der Waals surface area contributed by atoms with Crippen LogP contribution >= 0.6 is 0 Å². The quantitative estimate of drug-likeness (QED) is 0.158. The molecule has 10 aromatic carbocycles. The predicted molar refractivity (Wildman–Crippen MR) is 249 cm³/mol. The van der Waals surface area contributed by atoms with E-state index in [0.29, 0.717) is 0 Å². The van der Waals surface area contributed by atoms with E-state index in [2.05, 4.69) is 222 Å². The van der Waals surface area contributed by atoms with Crippen LogP contribution < -0.4 is 4.90 Å². The zero-order valence-corrected chi connectivity index (χ0v) is 32.1. The highest BCUT2D eigenvalue weighted by Gasteiger charge is 2.21. The van der Waals surface area contributed by atoms with Gasteiger partial charge in [0, 0.05) is 49.9 Å². The van der Waals surface area contributed by atoms with Crippen LogP contribution in [0.25, 0.3) is 93.2 Å². The van der Waals surface area contributed by atoms with Gasteiger partial charge in [0.25, 0.3) is 0 Å². The first kappa shape index (κ1) is 33.3. The molecular weight excluding hydrogens is 717 g/mol. The minimum Gasteiger partial charge on any atom is -0.455 e. The first-order valence-corrected chi connectivity index (χ1v) is 20.2. The zero-order chi connectivity index (χ0) is 38.9. The van der Waals surface area contributed by atoms with Gasteiger partial charge in [-0.2, -0.15) is 0 Å². The maximum atomic E-state index is 6.71. The number of hydrogen-bond donors (Lipinski definition) is 0. The lowest BCUT2D eigenvalue weighted by atomic mass is 9.93. The van der Waals surface area contributed by atoms with Crippen molar-refractivity contribution in [3.05, 3.63) is 218 Å². The Labute approximate surface area is 341 Å². The monoisotopic (exact) mass is 752 g/mol. The maximum Gasteiger partial charge on any atom is 0.143 e. The molecule has 0 aliphatic heterocycles. The molecule has 12 aromatic rings. The third-order valence-corrected chi connectivity index (χ3v) is 12.0. The summed E-state index contributed by atoms with van der Waals surface area (Å²) in [7, 11) is 0. The van der Waals surface area contributed by atoms with Crippen LogP contribution in [-0.2, 0) is 0 Å². The first-order chi connectivity index (χ1) is 29.3. The molecule has 0 atom stereocenters. The minimum atomic E-state index is 0.876. The second kappa shape index (κ2) is 13.4. The highest BCUT2D eigenvalue weighted by atomic mass is 16.3. The van der Waals surface area contributed by atoms with Gasteiger partial charge in [0.1, 0.15) is 11.2 Å². The molecule has 0 unspecified atom stereocenters. The number of fused-ring (bicyclic) bond motifs is 9. The molecule has 0 N–H and O–H groups in total. The second-order valence-electron chi connectivity index (χ2n) is 15.3. The average molecular weight is 753 g/mol. The lowest BCUT2D eigenvalue weighted by Gasteiger charge is -2.26. The Kier molecular flexibility index (Phi) is 7.54. The van der Waals surface area contributed by atoms with Crippen molar-refractivity contribution in [1.29, 1.82) is 0 Å². The third kappa shape index (κ3) is 5.36. The molecule has 276 valence electrons. The van der Waals surface area contributed by atoms with Crippen LogP contribution in [0.4, 0.5) is 17.1 Å². The number of aromatic nitrogens is 1. The summed E-state index contributed by atoms with van der Waals surface area (Å²) in [4.78, 5) is 2.36. The van der Waals surface area contributed by atoms with Gasteiger partial charge >= 0.3 is 0 Å². The lowest BCUT2D eigenvalue weighted by molar-refractivity contribution is 0.670. The van der Waals surface area contributed by atoms with E-state index in [1.807, 2.05) is 6.07 Å². The van der Waals surface area contributed by atoms with Gasteiger partial charge in [0.05, 0.1) is 11.0 Å². The molecule has 0 radical (unpaired) electrons. The smallest absolute Gasteiger partial charge is 0.143 e. The summed E-state index contributed by atoms with van der Waals surface area (Å²) in [6.45, 7) is 0. The van der Waals surface area contributed by atoms with Gasteiger partial charge in [-0.15, -0.1) is 0 Å². The van der Waals surface area contributed by atoms with Crippen molar-refractivity contribution in [3.63, 3.8) is 0 Å². The van der Waals surface area contributed by atoms with Crippen molar-refractivity contribution in [3.8, 4) is 27.9 Å². The van der Waals surface area contributed by atoms with E-state index in [-0.39, 0.29) is 0 Å². The van der Waals surface area contributed by atoms with Crippen molar-refractivity contribution in [1.82, 2.24) is 4.57 Å². The molecule has 3 heteroatoms. The van der Waals surface area contributed by atoms with Crippen LogP contribution in [0.5, 0.6) is 0 Å². The van der Waals surface area contributed by atoms with Gasteiger partial charge in [-0.05, 0) is 111 Å². The largest absolute Gasteiger partial charge is 0.455 e. The van der Waals surface area contributed by atoms with E-state index in [4.69, 9.17) is 4.42 Å². The summed E-state index contributed by atoms with van der Waals surface area (Å²) >= 11 is 0. The average Bonchev–Trinajstić information content (AvgIpc) is 3.85. The summed E-state index contributed by atoms with van der Waals surface area (Å²) in [5.41, 5.74) is 13.0. The molecule has 0 fully saturated rings. The molecule has 0 saturated carbocycles. The Morgan fingerprint density at radius 3 is 1.61 bits per heavy atom. The van der Waals surface area contributed by atoms with Crippen LogP contribution in [0, 0.1) is 0 Å². The Morgan fingerprint density at radius 2 is 0.881 bits per heavy atom. The third-order valence-electron chi connectivity index (χ3n) is 12.0. The molecule has 2 aromatic heterocycles. The number of hydrogen-bond acceptors (Lipinski definition) is 2. The van der Waals surface area contributed by atoms with E-state index in [1.165, 1.54) is 54.5 Å². The van der Waals surface area contributed by atoms with Gasteiger partial charge in [-0.3, -0.25) is 0 Å². The van der Waals surface area contributed by atoms with Crippen LogP contribution in [0.15, 0.2) is 223 Å². The molecule has 0 aliphatic rings. The first-order valence-electron chi connectivity index (χ1n) is 20.2. The number of nitrogens with zero attached hydrogens (tertiary/aromatic N) is 2. The standard InChI is InChI=1S/C56H36N2O/c1-2-15-40(16-3-1)57(41-30-26-37(27-31-41)50-34-39-14-4-5-17-44(39)45-18-6-7-19-46(45)50)43-35-51(56-52(36-43)49-22-10-13-25-55(49)59-56)38-28-32-42(33-29-38)58-53-23-11-8-20-47(53)48-21-9-12-24-54(48)58/h1-36H. The SMILES string of the molecule is c1ccc(N(c2ccc(-c3cc4ccccc4c4ccccc34)cc2)c2cc(-c3ccc(-n4c5ccccc5c5ccccc54)cc3)c3oc4ccccc4c3c2)cc1. The molecule has 0 spiro atoms. The van der Waals surface area contributed by atoms with Crippen molar-refractivity contribution < 1.29 is 4.42 Å². The molecular formula is C56H36N2O. The number of rotatable bonds is 6. The normalized spacial score (nSPS) is 11.7. The Morgan fingerprint density at radius 1 is 0.339 bits per heavy atom. The van der Waals surface area contributed by atoms with Crippen molar-refractivity contribution in [2.75, 3.05) is 4.90 Å². The van der Waals surface area contributed by atoms with E-state index in [0.717, 1.165) is 55.8 Å². The van der Waals surface area contributed by atoms with Crippen molar-refractivity contribution >= 4 is 82.4 Å². The fourth-order valence-electron chi connectivity index (χ4n) is 9.25. The molecule has 0 bridgehead atoms. The number of anilines is 3. The van der Waals surface area contributed by atoms with Gasteiger partial charge in [-0.25, -0.2) is 0 Å². The number of para-hydroxylation sites is 4. The number of benzene rings is 10. The van der Waals surface area contributed by atoms with Crippen LogP contribution in [0.2, 0.25) is 0 Å². The highest BCUT2D eigenvalue weighted by molar-refractivity contribution is 6.14. The molecule has 2 heterocycles. The summed E-state index contributed by atoms with van der Waals surface area (Å²) in [5, 5.41) is 9.73. The minimum absolute atomic E-state index is 0.876. The van der Waals surface area contributed by atoms with Gasteiger partial charge in [-0.1, -0.05) is 146 Å². The summed E-state index contributed by atoms with van der Waals surface area (Å²) < 4.78 is 9.07. The van der Waals surface area contributed by atoms with Gasteiger partial charge in [0.2, 0.25) is 0 Å². The second-order valence-corrected chi connectivity index (χ2v) is 15.3. The Balaban J connectivity index is 1.02. The highest BCUT2D eigenvalue weighted by Crippen LogP contribution is 2.44. The molecule has 0 saturated heterocycles. The fraction of sp³-hybridized carbons (Fsp3) is 0. The van der Waals surface area contributed by atoms with Crippen LogP contribution in [-0.4, -0.2) is 4.57 Å². The summed E-state index contributed by atoms with van der Waals surface area (Å²) in [6.07, 6.45) is 0. The van der Waals surface area contributed by atoms with Crippen LogP contribution in [0.3, 0.4) is 0 Å². The van der Waals surface area contributed by atoms with E-state index in [1.54, 1.807) is 0 Å². The zero-order valence-electron chi connectivity index (χ0n) is 32.1. The molecule has 59 heavy (non-hydrogen) atoms. The molecule has 3 nitrogen and oxygen atoms in total. The Bertz CT molecular complexity index is 3490. The maximum absolute atomic E-state index is 6.71. The van der Waals surface area contributed by atoms with Crippen molar-refractivity contribution in [2.45, 2.75) is 0 Å². The summed E-state index contributed by atoms with van der Waals surface area (Å²) in [5.74, 6) is 0.